The summed E-state index contributed by atoms with van der Waals surface area (Å²) < 4.78 is 0. The largest absolute Gasteiger partial charge is 0.353 e. The smallest absolute Gasteiger partial charge is 0.224 e. The zero-order valence-corrected chi connectivity index (χ0v) is 9.43. The second-order valence-electron chi connectivity index (χ2n) is 4.89. The number of hydrogen-bond acceptors (Lipinski definition) is 2. The molecule has 0 aromatic rings. The van der Waals surface area contributed by atoms with Gasteiger partial charge in [-0.25, -0.2) is 0 Å². The van der Waals surface area contributed by atoms with Gasteiger partial charge in [0.15, 0.2) is 0 Å². The molecule has 15 heavy (non-hydrogen) atoms. The minimum Gasteiger partial charge on any atom is -0.353 e. The van der Waals surface area contributed by atoms with Crippen molar-refractivity contribution in [3.8, 4) is 0 Å². The van der Waals surface area contributed by atoms with Crippen LogP contribution in [0.15, 0.2) is 0 Å². The Labute approximate surface area is 92.0 Å². The Morgan fingerprint density at radius 1 is 1.07 bits per heavy atom. The van der Waals surface area contributed by atoms with Crippen LogP contribution in [0.4, 0.5) is 0 Å². The highest BCUT2D eigenvalue weighted by molar-refractivity contribution is 5.79. The van der Waals surface area contributed by atoms with Crippen LogP contribution in [-0.4, -0.2) is 25.0 Å². The first-order valence-electron chi connectivity index (χ1n) is 6.37. The van der Waals surface area contributed by atoms with Crippen LogP contribution in [0.1, 0.15) is 44.9 Å². The SMILES string of the molecule is O=C(NC1CCCCCC1)[C@H]1CCNC1. The maximum atomic E-state index is 11.9. The standard InChI is InChI=1S/C12H22N2O/c15-12(10-7-8-13-9-10)14-11-5-3-1-2-4-6-11/h10-11,13H,1-9H2,(H,14,15)/t10-/m0/s1. The number of nitrogens with one attached hydrogen (secondary N) is 2. The van der Waals surface area contributed by atoms with Gasteiger partial charge in [0.2, 0.25) is 5.91 Å². The summed E-state index contributed by atoms with van der Waals surface area (Å²) in [6.07, 6.45) is 8.65. The molecular weight excluding hydrogens is 188 g/mol. The molecule has 0 aromatic carbocycles. The van der Waals surface area contributed by atoms with Gasteiger partial charge in [-0.15, -0.1) is 0 Å². The Hall–Kier alpha value is -0.570. The summed E-state index contributed by atoms with van der Waals surface area (Å²) >= 11 is 0. The zero-order chi connectivity index (χ0) is 10.5. The highest BCUT2D eigenvalue weighted by Crippen LogP contribution is 2.18. The average Bonchev–Trinajstić information content (AvgIpc) is 2.65. The average molecular weight is 210 g/mol. The maximum absolute atomic E-state index is 11.9. The van der Waals surface area contributed by atoms with Gasteiger partial charge in [-0.3, -0.25) is 4.79 Å². The summed E-state index contributed by atoms with van der Waals surface area (Å²) in [6, 6.07) is 0.459. The van der Waals surface area contributed by atoms with E-state index < -0.39 is 0 Å². The van der Waals surface area contributed by atoms with Crippen LogP contribution in [0.3, 0.4) is 0 Å². The Bertz CT molecular complexity index is 204. The fourth-order valence-electron chi connectivity index (χ4n) is 2.62. The number of amides is 1. The summed E-state index contributed by atoms with van der Waals surface area (Å²) in [7, 11) is 0. The Kier molecular flexibility index (Phi) is 4.01. The molecule has 1 saturated heterocycles. The van der Waals surface area contributed by atoms with Crippen molar-refractivity contribution in [3.05, 3.63) is 0 Å². The number of carbonyl (C=O) groups excluding carboxylic acids is 1. The molecule has 1 aliphatic heterocycles. The lowest BCUT2D eigenvalue weighted by Gasteiger charge is -2.18. The minimum atomic E-state index is 0.230. The van der Waals surface area contributed by atoms with E-state index in [1.807, 2.05) is 0 Å². The molecule has 0 radical (unpaired) electrons. The molecule has 1 aliphatic carbocycles. The lowest BCUT2D eigenvalue weighted by Crippen LogP contribution is -2.39. The van der Waals surface area contributed by atoms with Gasteiger partial charge in [0.1, 0.15) is 0 Å². The van der Waals surface area contributed by atoms with Crippen LogP contribution < -0.4 is 10.6 Å². The monoisotopic (exact) mass is 210 g/mol. The molecule has 1 saturated carbocycles. The van der Waals surface area contributed by atoms with Crippen LogP contribution in [0, 0.1) is 5.92 Å². The highest BCUT2D eigenvalue weighted by atomic mass is 16.2. The lowest BCUT2D eigenvalue weighted by molar-refractivity contribution is -0.125. The van der Waals surface area contributed by atoms with Gasteiger partial charge < -0.3 is 10.6 Å². The molecule has 0 aromatic heterocycles. The van der Waals surface area contributed by atoms with Crippen LogP contribution in [-0.2, 0) is 4.79 Å². The van der Waals surface area contributed by atoms with E-state index in [1.54, 1.807) is 0 Å². The molecule has 0 spiro atoms. The first-order chi connectivity index (χ1) is 7.36. The summed E-state index contributed by atoms with van der Waals surface area (Å²) in [5, 5.41) is 6.46. The third-order valence-electron chi connectivity index (χ3n) is 3.63. The van der Waals surface area contributed by atoms with Gasteiger partial charge in [-0.2, -0.15) is 0 Å². The van der Waals surface area contributed by atoms with Crippen LogP contribution in [0.5, 0.6) is 0 Å². The fraction of sp³-hybridized carbons (Fsp3) is 0.917. The van der Waals surface area contributed by atoms with Gasteiger partial charge in [0.05, 0.1) is 5.92 Å². The van der Waals surface area contributed by atoms with Gasteiger partial charge in [-0.1, -0.05) is 25.7 Å². The lowest BCUT2D eigenvalue weighted by atomic mass is 10.1. The molecule has 1 amide bonds. The predicted molar refractivity (Wildman–Crippen MR) is 60.6 cm³/mol. The molecular formula is C12H22N2O. The van der Waals surface area contributed by atoms with Gasteiger partial charge in [0.25, 0.3) is 0 Å². The molecule has 1 heterocycles. The summed E-state index contributed by atoms with van der Waals surface area (Å²) in [4.78, 5) is 11.9. The van der Waals surface area contributed by atoms with E-state index in [0.717, 1.165) is 19.5 Å². The van der Waals surface area contributed by atoms with Crippen molar-refractivity contribution in [2.24, 2.45) is 5.92 Å². The molecule has 2 rings (SSSR count). The van der Waals surface area contributed by atoms with E-state index in [1.165, 1.54) is 38.5 Å². The predicted octanol–water partition coefficient (Wildman–Crippen LogP) is 1.43. The van der Waals surface area contributed by atoms with Crippen molar-refractivity contribution in [2.75, 3.05) is 13.1 Å². The Morgan fingerprint density at radius 3 is 2.40 bits per heavy atom. The number of rotatable bonds is 2. The van der Waals surface area contributed by atoms with Crippen molar-refractivity contribution in [1.82, 2.24) is 10.6 Å². The summed E-state index contributed by atoms with van der Waals surface area (Å²) in [5.74, 6) is 0.514. The normalized spacial score (nSPS) is 28.7. The Morgan fingerprint density at radius 2 is 1.80 bits per heavy atom. The molecule has 0 bridgehead atoms. The topological polar surface area (TPSA) is 41.1 Å². The van der Waals surface area contributed by atoms with Crippen molar-refractivity contribution >= 4 is 5.91 Å². The molecule has 1 atom stereocenters. The van der Waals surface area contributed by atoms with Gasteiger partial charge in [0, 0.05) is 12.6 Å². The molecule has 3 nitrogen and oxygen atoms in total. The van der Waals surface area contributed by atoms with Crippen LogP contribution >= 0.6 is 0 Å². The zero-order valence-electron chi connectivity index (χ0n) is 9.43. The van der Waals surface area contributed by atoms with Crippen molar-refractivity contribution < 1.29 is 4.79 Å². The molecule has 2 fully saturated rings. The van der Waals surface area contributed by atoms with Gasteiger partial charge >= 0.3 is 0 Å². The van der Waals surface area contributed by atoms with E-state index in [4.69, 9.17) is 0 Å². The van der Waals surface area contributed by atoms with E-state index in [0.29, 0.717) is 6.04 Å². The third-order valence-corrected chi connectivity index (χ3v) is 3.63. The molecule has 2 N–H and O–H groups in total. The van der Waals surface area contributed by atoms with E-state index in [9.17, 15) is 4.79 Å². The van der Waals surface area contributed by atoms with Crippen LogP contribution in [0.25, 0.3) is 0 Å². The van der Waals surface area contributed by atoms with E-state index >= 15 is 0 Å². The maximum Gasteiger partial charge on any atom is 0.224 e. The number of hydrogen-bond donors (Lipinski definition) is 2. The number of carbonyl (C=O) groups is 1. The molecule has 86 valence electrons. The van der Waals surface area contributed by atoms with Crippen molar-refractivity contribution in [1.29, 1.82) is 0 Å². The van der Waals surface area contributed by atoms with E-state index in [2.05, 4.69) is 10.6 Å². The van der Waals surface area contributed by atoms with Gasteiger partial charge in [-0.05, 0) is 25.8 Å². The van der Waals surface area contributed by atoms with E-state index in [-0.39, 0.29) is 11.8 Å². The van der Waals surface area contributed by atoms with Crippen LogP contribution in [0.2, 0.25) is 0 Å². The molecule has 0 unspecified atom stereocenters. The quantitative estimate of drug-likeness (QED) is 0.677. The highest BCUT2D eigenvalue weighted by Gasteiger charge is 2.24. The molecule has 2 aliphatic rings. The van der Waals surface area contributed by atoms with Crippen molar-refractivity contribution in [2.45, 2.75) is 51.0 Å². The fourth-order valence-corrected chi connectivity index (χ4v) is 2.62. The Balaban J connectivity index is 1.76. The molecule has 3 heteroatoms. The minimum absolute atomic E-state index is 0.230. The third kappa shape index (κ3) is 3.20. The second kappa shape index (κ2) is 5.50. The second-order valence-corrected chi connectivity index (χ2v) is 4.89. The summed E-state index contributed by atoms with van der Waals surface area (Å²) in [6.45, 7) is 1.88. The van der Waals surface area contributed by atoms with Crippen molar-refractivity contribution in [3.63, 3.8) is 0 Å². The first-order valence-corrected chi connectivity index (χ1v) is 6.37. The first kappa shape index (κ1) is 10.9. The summed E-state index contributed by atoms with van der Waals surface area (Å²) in [5.41, 5.74) is 0.